The standard InChI is InChI=1S/C33H29N/c1-34(2)27-21-22-29-28-19-11-12-20-30(28)32(31(29)23-27)33(26-17-9-10-18-26,24-13-5-3-6-14-24)25-15-7-4-8-16-25/h3-17,19-23,32H,18H2,1-2H3. The van der Waals surface area contributed by atoms with E-state index >= 15 is 0 Å². The van der Waals surface area contributed by atoms with Gasteiger partial charge in [0.1, 0.15) is 0 Å². The fourth-order valence-electron chi connectivity index (χ4n) is 6.14. The molecule has 2 aliphatic carbocycles. The SMILES string of the molecule is CN(C)c1ccc2c(c1)C(C(C1=CC=CC1)(c1ccccc1)c1ccccc1)c1ccccc1-2. The highest BCUT2D eigenvalue weighted by Gasteiger charge is 2.50. The minimum absolute atomic E-state index is 0.176. The third-order valence-corrected chi connectivity index (χ3v) is 7.59. The van der Waals surface area contributed by atoms with Gasteiger partial charge in [-0.2, -0.15) is 0 Å². The third kappa shape index (κ3) is 3.00. The summed E-state index contributed by atoms with van der Waals surface area (Å²) in [6.45, 7) is 0. The van der Waals surface area contributed by atoms with Crippen LogP contribution in [0.2, 0.25) is 0 Å². The van der Waals surface area contributed by atoms with Gasteiger partial charge in [0, 0.05) is 25.7 Å². The summed E-state index contributed by atoms with van der Waals surface area (Å²) in [5.74, 6) is 0.176. The number of nitrogens with zero attached hydrogens (tertiary/aromatic N) is 1. The Bertz CT molecular complexity index is 1350. The Hall–Kier alpha value is -3.84. The lowest BCUT2D eigenvalue weighted by molar-refractivity contribution is 0.527. The molecule has 0 fully saturated rings. The fourth-order valence-corrected chi connectivity index (χ4v) is 6.14. The molecule has 1 unspecified atom stereocenters. The number of anilines is 1. The number of hydrogen-bond acceptors (Lipinski definition) is 1. The number of fused-ring (bicyclic) bond motifs is 3. The summed E-state index contributed by atoms with van der Waals surface area (Å²) < 4.78 is 0. The van der Waals surface area contributed by atoms with Crippen molar-refractivity contribution in [2.24, 2.45) is 0 Å². The molecule has 0 spiro atoms. The van der Waals surface area contributed by atoms with E-state index in [2.05, 4.69) is 140 Å². The van der Waals surface area contributed by atoms with E-state index in [-0.39, 0.29) is 11.3 Å². The lowest BCUT2D eigenvalue weighted by Crippen LogP contribution is -2.37. The molecule has 1 atom stereocenters. The van der Waals surface area contributed by atoms with Gasteiger partial charge in [0.25, 0.3) is 0 Å². The molecular weight excluding hydrogens is 410 g/mol. The maximum Gasteiger partial charge on any atom is 0.0526 e. The summed E-state index contributed by atoms with van der Waals surface area (Å²) in [4.78, 5) is 2.21. The molecule has 0 aromatic heterocycles. The first-order chi connectivity index (χ1) is 16.7. The van der Waals surface area contributed by atoms with Crippen molar-refractivity contribution in [3.05, 3.63) is 149 Å². The van der Waals surface area contributed by atoms with Gasteiger partial charge in [0.05, 0.1) is 5.41 Å². The van der Waals surface area contributed by atoms with E-state index in [9.17, 15) is 0 Å². The first-order valence-electron chi connectivity index (χ1n) is 12.1. The smallest absolute Gasteiger partial charge is 0.0526 e. The zero-order chi connectivity index (χ0) is 23.1. The summed E-state index contributed by atoms with van der Waals surface area (Å²) in [5.41, 5.74) is 10.6. The predicted molar refractivity (Wildman–Crippen MR) is 144 cm³/mol. The molecule has 4 aromatic rings. The molecule has 0 heterocycles. The summed E-state index contributed by atoms with van der Waals surface area (Å²) >= 11 is 0. The molecule has 34 heavy (non-hydrogen) atoms. The lowest BCUT2D eigenvalue weighted by atomic mass is 9.58. The Labute approximate surface area is 202 Å². The molecule has 0 saturated carbocycles. The highest BCUT2D eigenvalue weighted by Crippen LogP contribution is 2.60. The molecule has 0 bridgehead atoms. The predicted octanol–water partition coefficient (Wildman–Crippen LogP) is 7.74. The Morgan fingerprint density at radius 3 is 1.91 bits per heavy atom. The van der Waals surface area contributed by atoms with Crippen LogP contribution in [0.4, 0.5) is 5.69 Å². The van der Waals surface area contributed by atoms with E-state index in [4.69, 9.17) is 0 Å². The molecule has 6 rings (SSSR count). The zero-order valence-electron chi connectivity index (χ0n) is 19.8. The second-order valence-corrected chi connectivity index (χ2v) is 9.55. The van der Waals surface area contributed by atoms with Crippen LogP contribution in [0.15, 0.2) is 127 Å². The largest absolute Gasteiger partial charge is 0.378 e. The van der Waals surface area contributed by atoms with Crippen LogP contribution in [0, 0.1) is 0 Å². The van der Waals surface area contributed by atoms with E-state index in [0.29, 0.717) is 0 Å². The van der Waals surface area contributed by atoms with E-state index in [0.717, 1.165) is 6.42 Å². The molecule has 1 nitrogen and oxygen atoms in total. The van der Waals surface area contributed by atoms with Gasteiger partial charge in [-0.15, -0.1) is 0 Å². The Morgan fingerprint density at radius 2 is 1.29 bits per heavy atom. The molecule has 2 aliphatic rings. The van der Waals surface area contributed by atoms with Crippen LogP contribution >= 0.6 is 0 Å². The van der Waals surface area contributed by atoms with Crippen molar-refractivity contribution in [1.82, 2.24) is 0 Å². The van der Waals surface area contributed by atoms with Gasteiger partial charge in [-0.3, -0.25) is 0 Å². The second-order valence-electron chi connectivity index (χ2n) is 9.55. The summed E-state index contributed by atoms with van der Waals surface area (Å²) in [6.07, 6.45) is 7.85. The molecule has 166 valence electrons. The molecule has 0 aliphatic heterocycles. The van der Waals surface area contributed by atoms with Gasteiger partial charge in [0.15, 0.2) is 0 Å². The maximum absolute atomic E-state index is 2.42. The maximum atomic E-state index is 2.42. The monoisotopic (exact) mass is 439 g/mol. The van der Waals surface area contributed by atoms with Crippen LogP contribution in [-0.2, 0) is 5.41 Å². The number of rotatable bonds is 5. The topological polar surface area (TPSA) is 3.24 Å². The highest BCUT2D eigenvalue weighted by molar-refractivity contribution is 5.83. The number of benzene rings is 4. The van der Waals surface area contributed by atoms with Gasteiger partial charge >= 0.3 is 0 Å². The van der Waals surface area contributed by atoms with Crippen LogP contribution in [0.25, 0.3) is 11.1 Å². The van der Waals surface area contributed by atoms with E-state index < -0.39 is 0 Å². The average Bonchev–Trinajstić information content (AvgIpc) is 3.54. The van der Waals surface area contributed by atoms with Crippen molar-refractivity contribution in [2.45, 2.75) is 17.8 Å². The third-order valence-electron chi connectivity index (χ3n) is 7.59. The molecule has 0 radical (unpaired) electrons. The van der Waals surface area contributed by atoms with Crippen molar-refractivity contribution in [3.8, 4) is 11.1 Å². The molecule has 0 amide bonds. The van der Waals surface area contributed by atoms with Gasteiger partial charge in [0.2, 0.25) is 0 Å². The van der Waals surface area contributed by atoms with Gasteiger partial charge in [-0.05, 0) is 51.9 Å². The van der Waals surface area contributed by atoms with Crippen molar-refractivity contribution in [2.75, 3.05) is 19.0 Å². The minimum atomic E-state index is -0.307. The second kappa shape index (κ2) is 8.18. The summed E-state index contributed by atoms with van der Waals surface area (Å²) in [6, 6.07) is 38.3. The lowest BCUT2D eigenvalue weighted by Gasteiger charge is -2.43. The first kappa shape index (κ1) is 20.7. The van der Waals surface area contributed by atoms with Crippen LogP contribution < -0.4 is 4.90 Å². The Kier molecular flexibility index (Phi) is 4.99. The van der Waals surface area contributed by atoms with Crippen molar-refractivity contribution in [1.29, 1.82) is 0 Å². The van der Waals surface area contributed by atoms with E-state index in [1.165, 1.54) is 44.6 Å². The van der Waals surface area contributed by atoms with E-state index in [1.807, 2.05) is 0 Å². The zero-order valence-corrected chi connectivity index (χ0v) is 19.8. The average molecular weight is 440 g/mol. The van der Waals surface area contributed by atoms with Crippen molar-refractivity contribution < 1.29 is 0 Å². The number of allylic oxidation sites excluding steroid dienone is 4. The van der Waals surface area contributed by atoms with E-state index in [1.54, 1.807) is 0 Å². The molecule has 4 aromatic carbocycles. The quantitative estimate of drug-likeness (QED) is 0.307. The first-order valence-corrected chi connectivity index (χ1v) is 12.1. The normalized spacial score (nSPS) is 16.2. The van der Waals surface area contributed by atoms with Crippen molar-refractivity contribution in [3.63, 3.8) is 0 Å². The van der Waals surface area contributed by atoms with Gasteiger partial charge < -0.3 is 4.90 Å². The molecule has 0 saturated heterocycles. The van der Waals surface area contributed by atoms with Crippen LogP contribution in [-0.4, -0.2) is 14.1 Å². The van der Waals surface area contributed by atoms with Crippen LogP contribution in [0.3, 0.4) is 0 Å². The Balaban J connectivity index is 1.75. The molecular formula is C33H29N. The van der Waals surface area contributed by atoms with Crippen LogP contribution in [0.5, 0.6) is 0 Å². The fraction of sp³-hybridized carbons (Fsp3) is 0.152. The van der Waals surface area contributed by atoms with Gasteiger partial charge in [-0.1, -0.05) is 115 Å². The summed E-state index contributed by atoms with van der Waals surface area (Å²) in [7, 11) is 4.26. The number of hydrogen-bond donors (Lipinski definition) is 0. The van der Waals surface area contributed by atoms with Crippen molar-refractivity contribution >= 4 is 5.69 Å². The highest BCUT2D eigenvalue weighted by atomic mass is 15.1. The molecule has 1 heteroatoms. The summed E-state index contributed by atoms with van der Waals surface area (Å²) in [5, 5.41) is 0. The molecule has 0 N–H and O–H groups in total. The Morgan fingerprint density at radius 1 is 0.676 bits per heavy atom. The minimum Gasteiger partial charge on any atom is -0.378 e. The van der Waals surface area contributed by atoms with Gasteiger partial charge in [-0.25, -0.2) is 0 Å². The van der Waals surface area contributed by atoms with Crippen LogP contribution in [0.1, 0.15) is 34.6 Å².